The Balaban J connectivity index is 2.05. The minimum absolute atomic E-state index is 0.704. The first-order valence-electron chi connectivity index (χ1n) is 5.67. The standard InChI is InChI=1S/C12H17NO2S2/c13-10-1-2-11-12(9-10)15-4-6-17-8-7-16-5-3-14-11/h1-2,9H,3-8,13H2. The molecule has 0 radical (unpaired) electrons. The quantitative estimate of drug-likeness (QED) is 0.735. The second-order valence-corrected chi connectivity index (χ2v) is 6.08. The van der Waals surface area contributed by atoms with E-state index in [0.717, 1.165) is 29.6 Å². The molecule has 0 atom stereocenters. The summed E-state index contributed by atoms with van der Waals surface area (Å²) in [7, 11) is 0. The van der Waals surface area contributed by atoms with Gasteiger partial charge in [-0.3, -0.25) is 0 Å². The molecule has 3 nitrogen and oxygen atoms in total. The van der Waals surface area contributed by atoms with Gasteiger partial charge >= 0.3 is 0 Å². The molecular weight excluding hydrogens is 254 g/mol. The van der Waals surface area contributed by atoms with Crippen LogP contribution in [0.2, 0.25) is 0 Å². The third-order valence-corrected chi connectivity index (χ3v) is 4.46. The van der Waals surface area contributed by atoms with Crippen LogP contribution in [0.3, 0.4) is 0 Å². The van der Waals surface area contributed by atoms with Gasteiger partial charge in [0.25, 0.3) is 0 Å². The Labute approximate surface area is 110 Å². The number of nitrogen functional groups attached to an aromatic ring is 1. The zero-order valence-electron chi connectivity index (χ0n) is 9.69. The van der Waals surface area contributed by atoms with Gasteiger partial charge in [0.15, 0.2) is 11.5 Å². The summed E-state index contributed by atoms with van der Waals surface area (Å²) in [4.78, 5) is 0. The van der Waals surface area contributed by atoms with E-state index in [4.69, 9.17) is 15.2 Å². The first-order valence-corrected chi connectivity index (χ1v) is 7.98. The van der Waals surface area contributed by atoms with E-state index in [2.05, 4.69) is 0 Å². The van der Waals surface area contributed by atoms with Crippen LogP contribution < -0.4 is 15.2 Å². The summed E-state index contributed by atoms with van der Waals surface area (Å²) in [6, 6.07) is 5.56. The van der Waals surface area contributed by atoms with Crippen molar-refractivity contribution >= 4 is 29.2 Å². The molecule has 0 aliphatic carbocycles. The maximum Gasteiger partial charge on any atom is 0.163 e. The maximum absolute atomic E-state index is 5.75. The van der Waals surface area contributed by atoms with E-state index in [9.17, 15) is 0 Å². The topological polar surface area (TPSA) is 44.5 Å². The molecule has 0 aromatic heterocycles. The Morgan fingerprint density at radius 2 is 1.53 bits per heavy atom. The molecule has 17 heavy (non-hydrogen) atoms. The van der Waals surface area contributed by atoms with E-state index in [1.807, 2.05) is 41.7 Å². The number of hydrogen-bond donors (Lipinski definition) is 1. The fourth-order valence-electron chi connectivity index (χ4n) is 1.50. The molecule has 0 amide bonds. The summed E-state index contributed by atoms with van der Waals surface area (Å²) < 4.78 is 11.4. The molecule has 1 heterocycles. The van der Waals surface area contributed by atoms with Crippen molar-refractivity contribution < 1.29 is 9.47 Å². The fourth-order valence-corrected chi connectivity index (χ4v) is 3.25. The van der Waals surface area contributed by atoms with Gasteiger partial charge in [-0.05, 0) is 12.1 Å². The Hall–Kier alpha value is -0.680. The van der Waals surface area contributed by atoms with Crippen LogP contribution in [0.5, 0.6) is 11.5 Å². The van der Waals surface area contributed by atoms with Crippen molar-refractivity contribution in [1.82, 2.24) is 0 Å². The summed E-state index contributed by atoms with van der Waals surface area (Å²) >= 11 is 3.86. The van der Waals surface area contributed by atoms with Gasteiger partial charge in [0, 0.05) is 34.8 Å². The Bertz CT molecular complexity index is 360. The lowest BCUT2D eigenvalue weighted by atomic mass is 10.3. The third-order valence-electron chi connectivity index (χ3n) is 2.31. The largest absolute Gasteiger partial charge is 0.489 e. The molecule has 0 bridgehead atoms. The van der Waals surface area contributed by atoms with Gasteiger partial charge in [0.1, 0.15) is 0 Å². The average molecular weight is 271 g/mol. The van der Waals surface area contributed by atoms with E-state index in [0.29, 0.717) is 12.3 Å². The predicted octanol–water partition coefficient (Wildman–Crippen LogP) is 2.51. The van der Waals surface area contributed by atoms with Crippen molar-refractivity contribution in [2.24, 2.45) is 0 Å². The van der Waals surface area contributed by atoms with E-state index in [-0.39, 0.29) is 0 Å². The molecule has 1 aromatic carbocycles. The van der Waals surface area contributed by atoms with Crippen LogP contribution >= 0.6 is 23.5 Å². The normalized spacial score (nSPS) is 17.9. The molecule has 0 unspecified atom stereocenters. The van der Waals surface area contributed by atoms with Crippen LogP contribution in [0.1, 0.15) is 0 Å². The summed E-state index contributed by atoms with van der Waals surface area (Å²) in [6.07, 6.45) is 0. The van der Waals surface area contributed by atoms with Crippen LogP contribution in [0.25, 0.3) is 0 Å². The molecule has 1 aliphatic rings. The van der Waals surface area contributed by atoms with Crippen molar-refractivity contribution in [2.45, 2.75) is 0 Å². The van der Waals surface area contributed by atoms with Gasteiger partial charge < -0.3 is 15.2 Å². The monoisotopic (exact) mass is 271 g/mol. The molecule has 0 fully saturated rings. The molecule has 94 valence electrons. The summed E-state index contributed by atoms with van der Waals surface area (Å²) in [6.45, 7) is 1.42. The fraction of sp³-hybridized carbons (Fsp3) is 0.500. The van der Waals surface area contributed by atoms with Gasteiger partial charge in [0.05, 0.1) is 13.2 Å². The Kier molecular flexibility index (Phi) is 5.19. The number of ether oxygens (including phenoxy) is 2. The van der Waals surface area contributed by atoms with E-state index < -0.39 is 0 Å². The highest BCUT2D eigenvalue weighted by Gasteiger charge is 2.07. The molecule has 2 rings (SSSR count). The summed E-state index contributed by atoms with van der Waals surface area (Å²) in [5, 5.41) is 0. The number of nitrogens with two attached hydrogens (primary N) is 1. The van der Waals surface area contributed by atoms with E-state index >= 15 is 0 Å². The van der Waals surface area contributed by atoms with Gasteiger partial charge in [-0.15, -0.1) is 0 Å². The van der Waals surface area contributed by atoms with Gasteiger partial charge in [-0.25, -0.2) is 0 Å². The Morgan fingerprint density at radius 3 is 2.24 bits per heavy atom. The molecule has 0 spiro atoms. The molecule has 1 aliphatic heterocycles. The zero-order chi connectivity index (χ0) is 11.9. The molecule has 0 saturated carbocycles. The molecule has 2 N–H and O–H groups in total. The lowest BCUT2D eigenvalue weighted by Gasteiger charge is -2.14. The SMILES string of the molecule is Nc1ccc2c(c1)OCCSCCSCCO2. The highest BCUT2D eigenvalue weighted by atomic mass is 32.2. The molecular formula is C12H17NO2S2. The van der Waals surface area contributed by atoms with Crippen molar-refractivity contribution in [1.29, 1.82) is 0 Å². The van der Waals surface area contributed by atoms with Crippen LogP contribution in [-0.4, -0.2) is 36.2 Å². The first-order chi connectivity index (χ1) is 8.36. The smallest absolute Gasteiger partial charge is 0.163 e. The second-order valence-electron chi connectivity index (χ2n) is 3.63. The highest BCUT2D eigenvalue weighted by Crippen LogP contribution is 2.30. The third kappa shape index (κ3) is 4.24. The number of fused-ring (bicyclic) bond motifs is 1. The predicted molar refractivity (Wildman–Crippen MR) is 76.5 cm³/mol. The van der Waals surface area contributed by atoms with Gasteiger partial charge in [-0.2, -0.15) is 23.5 Å². The lowest BCUT2D eigenvalue weighted by molar-refractivity contribution is 0.291. The number of thioether (sulfide) groups is 2. The van der Waals surface area contributed by atoms with E-state index in [1.165, 1.54) is 11.5 Å². The minimum atomic E-state index is 0.704. The van der Waals surface area contributed by atoms with Crippen LogP contribution in [0.15, 0.2) is 18.2 Å². The van der Waals surface area contributed by atoms with Crippen molar-refractivity contribution in [3.05, 3.63) is 18.2 Å². The van der Waals surface area contributed by atoms with Crippen LogP contribution in [-0.2, 0) is 0 Å². The zero-order valence-corrected chi connectivity index (χ0v) is 11.3. The number of benzene rings is 1. The molecule has 1 aromatic rings. The lowest BCUT2D eigenvalue weighted by Crippen LogP contribution is -2.08. The number of rotatable bonds is 0. The van der Waals surface area contributed by atoms with Crippen molar-refractivity contribution in [3.8, 4) is 11.5 Å². The number of anilines is 1. The molecule has 5 heteroatoms. The summed E-state index contributed by atoms with van der Waals surface area (Å²) in [5.74, 6) is 5.95. The van der Waals surface area contributed by atoms with E-state index in [1.54, 1.807) is 0 Å². The second kappa shape index (κ2) is 6.91. The maximum atomic E-state index is 5.75. The average Bonchev–Trinajstić information content (AvgIpc) is 2.31. The van der Waals surface area contributed by atoms with Gasteiger partial charge in [-0.1, -0.05) is 0 Å². The van der Waals surface area contributed by atoms with Crippen molar-refractivity contribution in [3.63, 3.8) is 0 Å². The highest BCUT2D eigenvalue weighted by molar-refractivity contribution is 8.02. The Morgan fingerprint density at radius 1 is 0.882 bits per heavy atom. The first kappa shape index (κ1) is 12.8. The van der Waals surface area contributed by atoms with Gasteiger partial charge in [0.2, 0.25) is 0 Å². The summed E-state index contributed by atoms with van der Waals surface area (Å²) in [5.41, 5.74) is 6.46. The molecule has 0 saturated heterocycles. The van der Waals surface area contributed by atoms with Crippen molar-refractivity contribution in [2.75, 3.05) is 42.0 Å². The van der Waals surface area contributed by atoms with Crippen LogP contribution in [0.4, 0.5) is 5.69 Å². The van der Waals surface area contributed by atoms with Crippen LogP contribution in [0, 0.1) is 0 Å². The number of hydrogen-bond acceptors (Lipinski definition) is 5. The minimum Gasteiger partial charge on any atom is -0.489 e.